The Balaban J connectivity index is 1.65. The van der Waals surface area contributed by atoms with Gasteiger partial charge in [-0.1, -0.05) is 36.4 Å². The summed E-state index contributed by atoms with van der Waals surface area (Å²) in [7, 11) is 0. The molecule has 0 aliphatic rings. The van der Waals surface area contributed by atoms with E-state index in [1.54, 1.807) is 23.7 Å². The monoisotopic (exact) mass is 345 g/mol. The number of nitrogens with one attached hydrogen (secondary N) is 1. The molecule has 1 amide bonds. The van der Waals surface area contributed by atoms with Gasteiger partial charge in [0.05, 0.1) is 5.56 Å². The number of rotatable bonds is 3. The number of hydrogen-bond donors (Lipinski definition) is 1. The standard InChI is InChI=1S/C20H15N3OS/c1-13-12-25-20(22-13)14-6-4-7-16(9-14)23-19(24)18-11-21-10-15-5-2-3-8-17(15)18/h2-12H,1H3,(H,23,24). The molecule has 2 aromatic carbocycles. The quantitative estimate of drug-likeness (QED) is 0.573. The summed E-state index contributed by atoms with van der Waals surface area (Å²) in [4.78, 5) is 21.4. The van der Waals surface area contributed by atoms with Crippen LogP contribution in [-0.4, -0.2) is 15.9 Å². The van der Waals surface area contributed by atoms with Crippen molar-refractivity contribution < 1.29 is 4.79 Å². The van der Waals surface area contributed by atoms with E-state index in [1.807, 2.05) is 60.8 Å². The minimum atomic E-state index is -0.170. The summed E-state index contributed by atoms with van der Waals surface area (Å²) in [5.74, 6) is -0.170. The van der Waals surface area contributed by atoms with Gasteiger partial charge in [-0.3, -0.25) is 9.78 Å². The van der Waals surface area contributed by atoms with Crippen LogP contribution in [0.25, 0.3) is 21.3 Å². The van der Waals surface area contributed by atoms with Gasteiger partial charge in [0.15, 0.2) is 0 Å². The largest absolute Gasteiger partial charge is 0.322 e. The van der Waals surface area contributed by atoms with Gasteiger partial charge in [0, 0.05) is 40.1 Å². The van der Waals surface area contributed by atoms with Gasteiger partial charge in [0.2, 0.25) is 0 Å². The van der Waals surface area contributed by atoms with E-state index < -0.39 is 0 Å². The Labute approximate surface area is 149 Å². The molecule has 5 heteroatoms. The van der Waals surface area contributed by atoms with Crippen LogP contribution in [0.3, 0.4) is 0 Å². The molecule has 2 heterocycles. The van der Waals surface area contributed by atoms with Crippen molar-refractivity contribution in [3.05, 3.63) is 77.6 Å². The van der Waals surface area contributed by atoms with Gasteiger partial charge < -0.3 is 5.32 Å². The summed E-state index contributed by atoms with van der Waals surface area (Å²) < 4.78 is 0. The fourth-order valence-corrected chi connectivity index (χ4v) is 3.51. The third-order valence-electron chi connectivity index (χ3n) is 3.90. The van der Waals surface area contributed by atoms with Gasteiger partial charge in [-0.15, -0.1) is 11.3 Å². The predicted molar refractivity (Wildman–Crippen MR) is 102 cm³/mol. The molecule has 0 fully saturated rings. The van der Waals surface area contributed by atoms with Crippen LogP contribution < -0.4 is 5.32 Å². The molecule has 0 aliphatic carbocycles. The van der Waals surface area contributed by atoms with Crippen LogP contribution in [-0.2, 0) is 0 Å². The molecule has 0 saturated carbocycles. The second-order valence-corrected chi connectivity index (χ2v) is 6.60. The number of carbonyl (C=O) groups excluding carboxylic acids is 1. The number of thiazole rings is 1. The minimum Gasteiger partial charge on any atom is -0.322 e. The highest BCUT2D eigenvalue weighted by atomic mass is 32.1. The highest BCUT2D eigenvalue weighted by molar-refractivity contribution is 7.13. The zero-order valence-electron chi connectivity index (χ0n) is 13.6. The maximum absolute atomic E-state index is 12.7. The molecule has 1 N–H and O–H groups in total. The number of fused-ring (bicyclic) bond motifs is 1. The molecule has 4 rings (SSSR count). The SMILES string of the molecule is Cc1csc(-c2cccc(NC(=O)c3cncc4ccccc34)c2)n1. The molecule has 122 valence electrons. The molecule has 2 aromatic heterocycles. The predicted octanol–water partition coefficient (Wildman–Crippen LogP) is 4.92. The first-order chi connectivity index (χ1) is 12.2. The highest BCUT2D eigenvalue weighted by Crippen LogP contribution is 2.26. The molecular weight excluding hydrogens is 330 g/mol. The lowest BCUT2D eigenvalue weighted by molar-refractivity contribution is 0.102. The third kappa shape index (κ3) is 3.14. The number of aryl methyl sites for hydroxylation is 1. The molecule has 0 atom stereocenters. The Morgan fingerprint density at radius 3 is 2.80 bits per heavy atom. The van der Waals surface area contributed by atoms with Crippen molar-refractivity contribution in [2.45, 2.75) is 6.92 Å². The van der Waals surface area contributed by atoms with Gasteiger partial charge in [0.1, 0.15) is 5.01 Å². The van der Waals surface area contributed by atoms with Gasteiger partial charge in [0.25, 0.3) is 5.91 Å². The Bertz CT molecular complexity index is 1070. The molecular formula is C20H15N3OS. The van der Waals surface area contributed by atoms with Crippen LogP contribution in [0.5, 0.6) is 0 Å². The third-order valence-corrected chi connectivity index (χ3v) is 4.91. The Morgan fingerprint density at radius 2 is 1.96 bits per heavy atom. The number of nitrogens with zero attached hydrogens (tertiary/aromatic N) is 2. The first kappa shape index (κ1) is 15.5. The van der Waals surface area contributed by atoms with E-state index in [0.29, 0.717) is 5.56 Å². The van der Waals surface area contributed by atoms with E-state index in [4.69, 9.17) is 0 Å². The van der Waals surface area contributed by atoms with E-state index in [-0.39, 0.29) is 5.91 Å². The Morgan fingerprint density at radius 1 is 1.08 bits per heavy atom. The van der Waals surface area contributed by atoms with Crippen LogP contribution in [0.1, 0.15) is 16.1 Å². The highest BCUT2D eigenvalue weighted by Gasteiger charge is 2.11. The molecule has 25 heavy (non-hydrogen) atoms. The van der Waals surface area contributed by atoms with Crippen LogP contribution >= 0.6 is 11.3 Å². The van der Waals surface area contributed by atoms with Crippen molar-refractivity contribution in [1.82, 2.24) is 9.97 Å². The summed E-state index contributed by atoms with van der Waals surface area (Å²) in [6.07, 6.45) is 3.36. The molecule has 0 saturated heterocycles. The maximum Gasteiger partial charge on any atom is 0.257 e. The van der Waals surface area contributed by atoms with E-state index >= 15 is 0 Å². The zero-order chi connectivity index (χ0) is 17.2. The lowest BCUT2D eigenvalue weighted by Gasteiger charge is -2.08. The molecule has 4 nitrogen and oxygen atoms in total. The van der Waals surface area contributed by atoms with E-state index in [0.717, 1.165) is 32.7 Å². The average Bonchev–Trinajstić information content (AvgIpc) is 3.08. The molecule has 4 aromatic rings. The second-order valence-electron chi connectivity index (χ2n) is 5.74. The van der Waals surface area contributed by atoms with Gasteiger partial charge in [-0.25, -0.2) is 4.98 Å². The van der Waals surface area contributed by atoms with Crippen molar-refractivity contribution in [1.29, 1.82) is 0 Å². The smallest absolute Gasteiger partial charge is 0.257 e. The van der Waals surface area contributed by atoms with E-state index in [9.17, 15) is 4.79 Å². The second kappa shape index (κ2) is 6.45. The average molecular weight is 345 g/mol. The zero-order valence-corrected chi connectivity index (χ0v) is 14.4. The van der Waals surface area contributed by atoms with Crippen LogP contribution in [0.4, 0.5) is 5.69 Å². The number of aromatic nitrogens is 2. The van der Waals surface area contributed by atoms with Crippen LogP contribution in [0.15, 0.2) is 66.3 Å². The Hall–Kier alpha value is -3.05. The number of hydrogen-bond acceptors (Lipinski definition) is 4. The topological polar surface area (TPSA) is 54.9 Å². The summed E-state index contributed by atoms with van der Waals surface area (Å²) in [5.41, 5.74) is 3.29. The summed E-state index contributed by atoms with van der Waals surface area (Å²) in [6.45, 7) is 1.97. The summed E-state index contributed by atoms with van der Waals surface area (Å²) >= 11 is 1.59. The maximum atomic E-state index is 12.7. The summed E-state index contributed by atoms with van der Waals surface area (Å²) in [6, 6.07) is 15.5. The van der Waals surface area contributed by atoms with Gasteiger partial charge >= 0.3 is 0 Å². The molecule has 0 bridgehead atoms. The molecule has 0 aliphatic heterocycles. The number of amides is 1. The lowest BCUT2D eigenvalue weighted by atomic mass is 10.1. The number of carbonyl (C=O) groups is 1. The van der Waals surface area contributed by atoms with Gasteiger partial charge in [-0.05, 0) is 24.4 Å². The van der Waals surface area contributed by atoms with E-state index in [2.05, 4.69) is 15.3 Å². The minimum absolute atomic E-state index is 0.170. The fourth-order valence-electron chi connectivity index (χ4n) is 2.71. The van der Waals surface area contributed by atoms with Crippen LogP contribution in [0.2, 0.25) is 0 Å². The number of anilines is 1. The lowest BCUT2D eigenvalue weighted by Crippen LogP contribution is -2.12. The molecule has 0 unspecified atom stereocenters. The fraction of sp³-hybridized carbons (Fsp3) is 0.0500. The van der Waals surface area contributed by atoms with Crippen molar-refractivity contribution in [3.8, 4) is 10.6 Å². The molecule has 0 spiro atoms. The first-order valence-electron chi connectivity index (χ1n) is 7.87. The van der Waals surface area contributed by atoms with Gasteiger partial charge in [-0.2, -0.15) is 0 Å². The van der Waals surface area contributed by atoms with Crippen molar-refractivity contribution in [2.24, 2.45) is 0 Å². The van der Waals surface area contributed by atoms with E-state index in [1.165, 1.54) is 0 Å². The van der Waals surface area contributed by atoms with Crippen molar-refractivity contribution >= 4 is 33.7 Å². The number of benzene rings is 2. The Kier molecular flexibility index (Phi) is 3.99. The van der Waals surface area contributed by atoms with Crippen molar-refractivity contribution in [3.63, 3.8) is 0 Å². The van der Waals surface area contributed by atoms with Crippen LogP contribution in [0, 0.1) is 6.92 Å². The van der Waals surface area contributed by atoms with Crippen molar-refractivity contribution in [2.75, 3.05) is 5.32 Å². The normalized spacial score (nSPS) is 10.8. The molecule has 0 radical (unpaired) electrons. The summed E-state index contributed by atoms with van der Waals surface area (Å²) in [5, 5.41) is 7.76. The first-order valence-corrected chi connectivity index (χ1v) is 8.75. The number of pyridine rings is 1.